The number of nitrogens with zero attached hydrogens (tertiary/aromatic N) is 3. The van der Waals surface area contributed by atoms with E-state index in [1.165, 1.54) is 16.8 Å². The van der Waals surface area contributed by atoms with Crippen LogP contribution in [0, 0.1) is 23.7 Å². The molecule has 1 heterocycles. The third-order valence-electron chi connectivity index (χ3n) is 4.56. The minimum atomic E-state index is -0.284. The molecule has 21 heavy (non-hydrogen) atoms. The predicted molar refractivity (Wildman–Crippen MR) is 82.9 cm³/mol. The Hall–Kier alpha value is -2.08. The highest BCUT2D eigenvalue weighted by molar-refractivity contribution is 5.33. The summed E-state index contributed by atoms with van der Waals surface area (Å²) in [6.45, 7) is 4.98. The van der Waals surface area contributed by atoms with Gasteiger partial charge in [0.2, 0.25) is 0 Å². The number of aromatic nitrogens is 2. The summed E-state index contributed by atoms with van der Waals surface area (Å²) in [6, 6.07) is 13.3. The second-order valence-corrected chi connectivity index (χ2v) is 6.11. The van der Waals surface area contributed by atoms with Crippen LogP contribution in [0.4, 0.5) is 0 Å². The second kappa shape index (κ2) is 5.37. The monoisotopic (exact) mass is 279 g/mol. The van der Waals surface area contributed by atoms with Crippen molar-refractivity contribution in [2.45, 2.75) is 46.1 Å². The minimum absolute atomic E-state index is 0.284. The quantitative estimate of drug-likeness (QED) is 0.863. The number of benzene rings is 1. The van der Waals surface area contributed by atoms with Crippen LogP contribution in [-0.2, 0) is 25.8 Å². The fraction of sp³-hybridized carbons (Fsp3) is 0.444. The molecular weight excluding hydrogens is 258 g/mol. The Labute approximate surface area is 126 Å². The summed E-state index contributed by atoms with van der Waals surface area (Å²) in [7, 11) is 0. The van der Waals surface area contributed by atoms with Crippen LogP contribution in [0.3, 0.4) is 0 Å². The Morgan fingerprint density at radius 1 is 1.33 bits per heavy atom. The van der Waals surface area contributed by atoms with Gasteiger partial charge in [-0.1, -0.05) is 24.3 Å². The molecule has 0 radical (unpaired) electrons. The lowest BCUT2D eigenvalue weighted by Gasteiger charge is -2.32. The van der Waals surface area contributed by atoms with Crippen LogP contribution in [0.1, 0.15) is 35.9 Å². The number of nitriles is 1. The maximum Gasteiger partial charge on any atom is 0.0697 e. The molecule has 0 fully saturated rings. The molecule has 1 aliphatic rings. The van der Waals surface area contributed by atoms with Gasteiger partial charge in [0.05, 0.1) is 17.2 Å². The van der Waals surface area contributed by atoms with Gasteiger partial charge in [0.1, 0.15) is 0 Å². The Kier molecular flexibility index (Phi) is 3.55. The Balaban J connectivity index is 1.91. The summed E-state index contributed by atoms with van der Waals surface area (Å²) in [5.41, 5.74) is 4.69. The SMILES string of the molecule is CCn1nc(C)cc1CC1(C#N)CCc2ccccc2C1. The molecule has 3 rings (SSSR count). The van der Waals surface area contributed by atoms with Crippen molar-refractivity contribution in [1.29, 1.82) is 5.26 Å². The van der Waals surface area contributed by atoms with E-state index in [-0.39, 0.29) is 5.41 Å². The van der Waals surface area contributed by atoms with E-state index in [2.05, 4.69) is 48.4 Å². The highest BCUT2D eigenvalue weighted by atomic mass is 15.3. The van der Waals surface area contributed by atoms with Crippen LogP contribution in [0.2, 0.25) is 0 Å². The van der Waals surface area contributed by atoms with Crippen LogP contribution < -0.4 is 0 Å². The molecule has 1 aliphatic carbocycles. The van der Waals surface area contributed by atoms with Crippen molar-refractivity contribution in [3.63, 3.8) is 0 Å². The summed E-state index contributed by atoms with van der Waals surface area (Å²) in [6.07, 6.45) is 3.59. The average molecular weight is 279 g/mol. The number of hydrogen-bond donors (Lipinski definition) is 0. The van der Waals surface area contributed by atoms with E-state index in [1.54, 1.807) is 0 Å². The van der Waals surface area contributed by atoms with Gasteiger partial charge >= 0.3 is 0 Å². The van der Waals surface area contributed by atoms with E-state index in [4.69, 9.17) is 0 Å². The lowest BCUT2D eigenvalue weighted by atomic mass is 9.70. The molecule has 0 N–H and O–H groups in total. The lowest BCUT2D eigenvalue weighted by Crippen LogP contribution is -2.30. The Morgan fingerprint density at radius 3 is 2.81 bits per heavy atom. The number of aryl methyl sites for hydroxylation is 3. The van der Waals surface area contributed by atoms with Crippen LogP contribution >= 0.6 is 0 Å². The zero-order valence-corrected chi connectivity index (χ0v) is 12.8. The maximum absolute atomic E-state index is 9.82. The third kappa shape index (κ3) is 2.58. The van der Waals surface area contributed by atoms with Gasteiger partial charge in [0, 0.05) is 18.7 Å². The van der Waals surface area contributed by atoms with Crippen molar-refractivity contribution in [2.24, 2.45) is 5.41 Å². The van der Waals surface area contributed by atoms with E-state index in [9.17, 15) is 5.26 Å². The van der Waals surface area contributed by atoms with Crippen molar-refractivity contribution < 1.29 is 0 Å². The number of rotatable bonds is 3. The molecule has 108 valence electrons. The van der Waals surface area contributed by atoms with Crippen LogP contribution in [0.5, 0.6) is 0 Å². The van der Waals surface area contributed by atoms with Crippen LogP contribution in [0.25, 0.3) is 0 Å². The molecule has 0 bridgehead atoms. The molecule has 0 saturated heterocycles. The van der Waals surface area contributed by atoms with Crippen LogP contribution in [-0.4, -0.2) is 9.78 Å². The third-order valence-corrected chi connectivity index (χ3v) is 4.56. The van der Waals surface area contributed by atoms with Gasteiger partial charge < -0.3 is 0 Å². The van der Waals surface area contributed by atoms with Crippen molar-refractivity contribution in [1.82, 2.24) is 9.78 Å². The van der Waals surface area contributed by atoms with Crippen molar-refractivity contribution in [3.8, 4) is 6.07 Å². The van der Waals surface area contributed by atoms with Gasteiger partial charge in [-0.15, -0.1) is 0 Å². The first kappa shape index (κ1) is 13.9. The molecule has 1 unspecified atom stereocenters. The molecule has 3 heteroatoms. The van der Waals surface area contributed by atoms with E-state index in [0.29, 0.717) is 0 Å². The molecule has 1 aromatic heterocycles. The molecule has 0 spiro atoms. The van der Waals surface area contributed by atoms with Crippen molar-refractivity contribution in [2.75, 3.05) is 0 Å². The molecule has 0 aliphatic heterocycles. The first-order chi connectivity index (χ1) is 10.2. The fourth-order valence-electron chi connectivity index (χ4n) is 3.45. The fourth-order valence-corrected chi connectivity index (χ4v) is 3.45. The smallest absolute Gasteiger partial charge is 0.0697 e. The largest absolute Gasteiger partial charge is 0.270 e. The van der Waals surface area contributed by atoms with E-state index >= 15 is 0 Å². The number of fused-ring (bicyclic) bond motifs is 1. The molecule has 2 aromatic rings. The first-order valence-electron chi connectivity index (χ1n) is 7.67. The zero-order valence-electron chi connectivity index (χ0n) is 12.8. The van der Waals surface area contributed by atoms with Crippen LogP contribution in [0.15, 0.2) is 30.3 Å². The summed E-state index contributed by atoms with van der Waals surface area (Å²) >= 11 is 0. The normalized spacial score (nSPS) is 20.8. The van der Waals surface area contributed by atoms with Gasteiger partial charge in [0.25, 0.3) is 0 Å². The molecule has 0 saturated carbocycles. The number of hydrogen-bond acceptors (Lipinski definition) is 2. The van der Waals surface area contributed by atoms with E-state index in [1.807, 2.05) is 11.6 Å². The zero-order chi connectivity index (χ0) is 14.9. The highest BCUT2D eigenvalue weighted by Crippen LogP contribution is 2.38. The minimum Gasteiger partial charge on any atom is -0.270 e. The highest BCUT2D eigenvalue weighted by Gasteiger charge is 2.35. The predicted octanol–water partition coefficient (Wildman–Crippen LogP) is 3.45. The van der Waals surface area contributed by atoms with E-state index in [0.717, 1.165) is 37.9 Å². The lowest BCUT2D eigenvalue weighted by molar-refractivity contribution is 0.329. The molecule has 1 atom stereocenters. The van der Waals surface area contributed by atoms with Crippen molar-refractivity contribution in [3.05, 3.63) is 52.8 Å². The van der Waals surface area contributed by atoms with Gasteiger partial charge in [-0.05, 0) is 50.3 Å². The Morgan fingerprint density at radius 2 is 2.10 bits per heavy atom. The molecule has 0 amide bonds. The topological polar surface area (TPSA) is 41.6 Å². The van der Waals surface area contributed by atoms with Crippen molar-refractivity contribution >= 4 is 0 Å². The standard InChI is InChI=1S/C18H21N3/c1-3-21-17(10-14(2)20-21)12-18(13-19)9-8-15-6-4-5-7-16(15)11-18/h4-7,10H,3,8-9,11-12H2,1-2H3. The van der Waals surface area contributed by atoms with Gasteiger partial charge in [-0.2, -0.15) is 10.4 Å². The van der Waals surface area contributed by atoms with Gasteiger partial charge in [-0.3, -0.25) is 4.68 Å². The Bertz CT molecular complexity index is 693. The van der Waals surface area contributed by atoms with E-state index < -0.39 is 0 Å². The maximum atomic E-state index is 9.82. The van der Waals surface area contributed by atoms with Gasteiger partial charge in [-0.25, -0.2) is 0 Å². The van der Waals surface area contributed by atoms with Gasteiger partial charge in [0.15, 0.2) is 0 Å². The second-order valence-electron chi connectivity index (χ2n) is 6.11. The molecule has 3 nitrogen and oxygen atoms in total. The molecule has 1 aromatic carbocycles. The summed E-state index contributed by atoms with van der Waals surface area (Å²) in [4.78, 5) is 0. The average Bonchev–Trinajstić information content (AvgIpc) is 2.86. The summed E-state index contributed by atoms with van der Waals surface area (Å²) in [5, 5.41) is 14.3. The summed E-state index contributed by atoms with van der Waals surface area (Å²) in [5.74, 6) is 0. The molecular formula is C18H21N3. The summed E-state index contributed by atoms with van der Waals surface area (Å²) < 4.78 is 2.04. The first-order valence-corrected chi connectivity index (χ1v) is 7.67.